The number of amides is 2. The van der Waals surface area contributed by atoms with Crippen LogP contribution in [0.15, 0.2) is 48.7 Å². The van der Waals surface area contributed by atoms with Gasteiger partial charge in [0.25, 0.3) is 0 Å². The van der Waals surface area contributed by atoms with Crippen LogP contribution in [0, 0.1) is 5.92 Å². The number of nitrogens with zero attached hydrogens (tertiary/aromatic N) is 1. The maximum Gasteiger partial charge on any atom is 0.318 e. The molecule has 0 radical (unpaired) electrons. The summed E-state index contributed by atoms with van der Waals surface area (Å²) in [5.41, 5.74) is 11.2. The highest BCUT2D eigenvalue weighted by atomic mass is 16.2. The van der Waals surface area contributed by atoms with Crippen molar-refractivity contribution in [3.8, 4) is 11.1 Å². The van der Waals surface area contributed by atoms with Crippen LogP contribution in [-0.4, -0.2) is 35.9 Å². The Bertz CT molecular complexity index is 1180. The fourth-order valence-corrected chi connectivity index (χ4v) is 4.43. The van der Waals surface area contributed by atoms with Gasteiger partial charge in [0, 0.05) is 42.3 Å². The van der Waals surface area contributed by atoms with Crippen molar-refractivity contribution in [3.63, 3.8) is 0 Å². The van der Waals surface area contributed by atoms with E-state index in [1.165, 1.54) is 0 Å². The Morgan fingerprint density at radius 3 is 2.32 bits per heavy atom. The second-order valence-electron chi connectivity index (χ2n) is 9.34. The average molecular weight is 460 g/mol. The van der Waals surface area contributed by atoms with E-state index >= 15 is 0 Å². The van der Waals surface area contributed by atoms with Crippen molar-refractivity contribution in [2.75, 3.05) is 17.7 Å². The number of aromatic nitrogens is 1. The monoisotopic (exact) mass is 459 g/mol. The van der Waals surface area contributed by atoms with E-state index in [1.54, 1.807) is 13.2 Å². The van der Waals surface area contributed by atoms with Gasteiger partial charge in [-0.3, -0.25) is 9.78 Å². The SMILES string of the molecule is CNC(=O)Nc1ccc(-c2ccc3ncc(C(=O)C(C)C)c(N[C@H]4CC[C@H](N)CC4)c3c2)cc1. The number of pyridine rings is 1. The van der Waals surface area contributed by atoms with E-state index in [1.807, 2.05) is 50.2 Å². The Hall–Kier alpha value is -3.45. The number of carbonyl (C=O) groups is 2. The molecule has 4 rings (SSSR count). The number of benzene rings is 2. The third-order valence-electron chi connectivity index (χ3n) is 6.48. The molecular formula is C27H33N5O2. The van der Waals surface area contributed by atoms with Crippen molar-refractivity contribution in [1.29, 1.82) is 0 Å². The highest BCUT2D eigenvalue weighted by Gasteiger charge is 2.23. The summed E-state index contributed by atoms with van der Waals surface area (Å²) in [6.07, 6.45) is 5.64. The van der Waals surface area contributed by atoms with Crippen LogP contribution in [0.2, 0.25) is 0 Å². The predicted octanol–water partition coefficient (Wildman–Crippen LogP) is 5.17. The fraction of sp³-hybridized carbons (Fsp3) is 0.370. The molecule has 2 aromatic carbocycles. The van der Waals surface area contributed by atoms with E-state index in [4.69, 9.17) is 5.73 Å². The van der Waals surface area contributed by atoms with Crippen LogP contribution < -0.4 is 21.7 Å². The van der Waals surface area contributed by atoms with Crippen LogP contribution in [0.4, 0.5) is 16.2 Å². The molecule has 1 saturated carbocycles. The van der Waals surface area contributed by atoms with Gasteiger partial charge in [-0.05, 0) is 61.1 Å². The molecule has 178 valence electrons. The summed E-state index contributed by atoms with van der Waals surface area (Å²) in [4.78, 5) is 29.2. The zero-order valence-electron chi connectivity index (χ0n) is 20.0. The van der Waals surface area contributed by atoms with Crippen LogP contribution in [0.1, 0.15) is 49.9 Å². The molecule has 1 aromatic heterocycles. The first-order valence-corrected chi connectivity index (χ1v) is 11.9. The number of ketones is 1. The Balaban J connectivity index is 1.73. The number of rotatable bonds is 6. The van der Waals surface area contributed by atoms with Gasteiger partial charge in [-0.25, -0.2) is 4.79 Å². The summed E-state index contributed by atoms with van der Waals surface area (Å²) in [6.45, 7) is 3.83. The van der Waals surface area contributed by atoms with Gasteiger partial charge in [-0.15, -0.1) is 0 Å². The molecule has 7 heteroatoms. The Kier molecular flexibility index (Phi) is 7.12. The van der Waals surface area contributed by atoms with Gasteiger partial charge in [0.05, 0.1) is 16.8 Å². The number of fused-ring (bicyclic) bond motifs is 1. The number of carbonyl (C=O) groups excluding carboxylic acids is 2. The maximum atomic E-state index is 13.1. The smallest absolute Gasteiger partial charge is 0.318 e. The summed E-state index contributed by atoms with van der Waals surface area (Å²) in [6, 6.07) is 14.1. The van der Waals surface area contributed by atoms with Crippen LogP contribution in [0.5, 0.6) is 0 Å². The van der Waals surface area contributed by atoms with Crippen LogP contribution in [0.25, 0.3) is 22.0 Å². The molecule has 0 atom stereocenters. The molecule has 1 aliphatic carbocycles. The lowest BCUT2D eigenvalue weighted by atomic mass is 9.90. The zero-order valence-corrected chi connectivity index (χ0v) is 20.0. The van der Waals surface area contributed by atoms with Gasteiger partial charge >= 0.3 is 6.03 Å². The van der Waals surface area contributed by atoms with Crippen LogP contribution >= 0.6 is 0 Å². The minimum Gasteiger partial charge on any atom is -0.381 e. The number of hydrogen-bond acceptors (Lipinski definition) is 5. The Morgan fingerprint density at radius 1 is 1.00 bits per heavy atom. The Labute approximate surface area is 200 Å². The summed E-state index contributed by atoms with van der Waals surface area (Å²) in [5, 5.41) is 9.95. The van der Waals surface area contributed by atoms with E-state index in [0.717, 1.165) is 53.4 Å². The topological polar surface area (TPSA) is 109 Å². The average Bonchev–Trinajstić information content (AvgIpc) is 2.85. The molecule has 1 heterocycles. The van der Waals surface area contributed by atoms with E-state index in [-0.39, 0.29) is 29.8 Å². The predicted molar refractivity (Wildman–Crippen MR) is 138 cm³/mol. The first-order chi connectivity index (χ1) is 16.4. The number of urea groups is 1. The third-order valence-corrected chi connectivity index (χ3v) is 6.48. The Morgan fingerprint density at radius 2 is 1.68 bits per heavy atom. The largest absolute Gasteiger partial charge is 0.381 e. The molecule has 0 spiro atoms. The van der Waals surface area contributed by atoms with Gasteiger partial charge in [0.1, 0.15) is 0 Å². The number of hydrogen-bond donors (Lipinski definition) is 4. The molecule has 0 aliphatic heterocycles. The molecule has 3 aromatic rings. The van der Waals surface area contributed by atoms with E-state index in [9.17, 15) is 9.59 Å². The van der Waals surface area contributed by atoms with Gasteiger partial charge in [-0.2, -0.15) is 0 Å². The summed E-state index contributed by atoms with van der Waals surface area (Å²) in [7, 11) is 1.58. The van der Waals surface area contributed by atoms with E-state index in [0.29, 0.717) is 11.3 Å². The highest BCUT2D eigenvalue weighted by Crippen LogP contribution is 2.34. The normalized spacial score (nSPS) is 18.0. The lowest BCUT2D eigenvalue weighted by Crippen LogP contribution is -2.33. The first kappa shape index (κ1) is 23.7. The molecule has 1 fully saturated rings. The number of anilines is 2. The molecule has 2 amide bonds. The molecule has 7 nitrogen and oxygen atoms in total. The highest BCUT2D eigenvalue weighted by molar-refractivity contribution is 6.09. The molecule has 0 bridgehead atoms. The van der Waals surface area contributed by atoms with Crippen molar-refractivity contribution in [3.05, 3.63) is 54.2 Å². The van der Waals surface area contributed by atoms with Crippen molar-refractivity contribution < 1.29 is 9.59 Å². The van der Waals surface area contributed by atoms with E-state index < -0.39 is 0 Å². The third kappa shape index (κ3) is 5.20. The lowest BCUT2D eigenvalue weighted by molar-refractivity contribution is 0.0940. The van der Waals surface area contributed by atoms with Crippen molar-refractivity contribution in [1.82, 2.24) is 10.3 Å². The van der Waals surface area contributed by atoms with Gasteiger partial charge < -0.3 is 21.7 Å². The van der Waals surface area contributed by atoms with Gasteiger partial charge in [0.15, 0.2) is 5.78 Å². The van der Waals surface area contributed by atoms with Crippen molar-refractivity contribution in [2.45, 2.75) is 51.6 Å². The van der Waals surface area contributed by atoms with Crippen molar-refractivity contribution in [2.24, 2.45) is 11.7 Å². The summed E-state index contributed by atoms with van der Waals surface area (Å²) < 4.78 is 0. The van der Waals surface area contributed by atoms with Crippen molar-refractivity contribution >= 4 is 34.1 Å². The van der Waals surface area contributed by atoms with E-state index in [2.05, 4.69) is 27.0 Å². The quantitative estimate of drug-likeness (QED) is 0.380. The standard InChI is InChI=1S/C27H33N5O2/c1-16(2)26(33)23-15-30-24-13-6-18(17-4-9-21(10-5-17)32-27(34)29-3)14-22(24)25(23)31-20-11-7-19(28)8-12-20/h4-6,9-10,13-16,19-20H,7-8,11-12,28H2,1-3H3,(H,30,31)(H2,29,32,34)/t19-,20-. The molecule has 0 unspecified atom stereocenters. The minimum absolute atomic E-state index is 0.0828. The number of nitrogens with two attached hydrogens (primary N) is 1. The fourth-order valence-electron chi connectivity index (χ4n) is 4.43. The summed E-state index contributed by atoms with van der Waals surface area (Å²) in [5.74, 6) is -0.0393. The molecule has 5 N–H and O–H groups in total. The molecule has 1 aliphatic rings. The van der Waals surface area contributed by atoms with Crippen LogP contribution in [-0.2, 0) is 0 Å². The molecular weight excluding hydrogens is 426 g/mol. The summed E-state index contributed by atoms with van der Waals surface area (Å²) >= 11 is 0. The van der Waals surface area contributed by atoms with Gasteiger partial charge in [-0.1, -0.05) is 32.0 Å². The second kappa shape index (κ2) is 10.2. The number of nitrogens with one attached hydrogen (secondary N) is 3. The lowest BCUT2D eigenvalue weighted by Gasteiger charge is -2.29. The molecule has 34 heavy (non-hydrogen) atoms. The maximum absolute atomic E-state index is 13.1. The van der Waals surface area contributed by atoms with Gasteiger partial charge in [0.2, 0.25) is 0 Å². The molecule has 0 saturated heterocycles. The minimum atomic E-state index is -0.258. The number of Topliss-reactive ketones (excluding diaryl/α,β-unsaturated/α-hetero) is 1. The first-order valence-electron chi connectivity index (χ1n) is 11.9. The second-order valence-corrected chi connectivity index (χ2v) is 9.34. The van der Waals surface area contributed by atoms with Crippen LogP contribution in [0.3, 0.4) is 0 Å². The zero-order chi connectivity index (χ0) is 24.2.